The van der Waals surface area contributed by atoms with Crippen molar-refractivity contribution in [2.45, 2.75) is 19.8 Å². The van der Waals surface area contributed by atoms with Gasteiger partial charge >= 0.3 is 0 Å². The smallest absolute Gasteiger partial charge is 0.227 e. The summed E-state index contributed by atoms with van der Waals surface area (Å²) in [6.45, 7) is 3.23. The standard InChI is InChI=1S/C27H25N7O3/c1-17-12-19(3-5-24(17)37-21-6-9-34-25(14-21)29-16-31-34)32-26-22-13-20(2-4-23(22)28-15-30-26)33-27(35)18-7-10-36-11-8-18/h2-6,9,12-16,18H,7-8,10-11H2,1H3,(H,33,35)(H,28,30,32). The summed E-state index contributed by atoms with van der Waals surface area (Å²) in [6, 6.07) is 15.2. The lowest BCUT2D eigenvalue weighted by molar-refractivity contribution is -0.122. The van der Waals surface area contributed by atoms with Crippen molar-refractivity contribution in [1.82, 2.24) is 24.6 Å². The Bertz CT molecular complexity index is 1590. The molecule has 6 rings (SSSR count). The summed E-state index contributed by atoms with van der Waals surface area (Å²) in [5, 5.41) is 11.3. The van der Waals surface area contributed by atoms with E-state index in [0.29, 0.717) is 36.1 Å². The van der Waals surface area contributed by atoms with Gasteiger partial charge in [-0.25, -0.2) is 19.5 Å². The van der Waals surface area contributed by atoms with Crippen molar-refractivity contribution < 1.29 is 14.3 Å². The number of amides is 1. The number of carbonyl (C=O) groups is 1. The van der Waals surface area contributed by atoms with Gasteiger partial charge in [-0.05, 0) is 67.8 Å². The molecule has 1 amide bonds. The highest BCUT2D eigenvalue weighted by atomic mass is 16.5. The van der Waals surface area contributed by atoms with Gasteiger partial charge in [-0.1, -0.05) is 0 Å². The van der Waals surface area contributed by atoms with Gasteiger partial charge in [0.05, 0.1) is 5.52 Å². The minimum absolute atomic E-state index is 0.0170. The summed E-state index contributed by atoms with van der Waals surface area (Å²) in [4.78, 5) is 25.7. The van der Waals surface area contributed by atoms with E-state index in [9.17, 15) is 4.79 Å². The van der Waals surface area contributed by atoms with E-state index >= 15 is 0 Å². The van der Waals surface area contributed by atoms with Crippen LogP contribution in [0.5, 0.6) is 11.5 Å². The Labute approximate surface area is 212 Å². The Morgan fingerprint density at radius 3 is 2.73 bits per heavy atom. The molecule has 0 atom stereocenters. The highest BCUT2D eigenvalue weighted by molar-refractivity contribution is 5.98. The van der Waals surface area contributed by atoms with Crippen molar-refractivity contribution in [3.63, 3.8) is 0 Å². The Hall–Kier alpha value is -4.57. The monoisotopic (exact) mass is 495 g/mol. The van der Waals surface area contributed by atoms with Crippen LogP contribution in [-0.2, 0) is 9.53 Å². The number of hydrogen-bond acceptors (Lipinski definition) is 8. The molecule has 37 heavy (non-hydrogen) atoms. The molecule has 3 aromatic heterocycles. The zero-order chi connectivity index (χ0) is 25.2. The number of nitrogens with zero attached hydrogens (tertiary/aromatic N) is 5. The van der Waals surface area contributed by atoms with Crippen molar-refractivity contribution in [3.8, 4) is 11.5 Å². The van der Waals surface area contributed by atoms with Gasteiger partial charge in [0.15, 0.2) is 5.65 Å². The molecule has 4 heterocycles. The fraction of sp³-hybridized carbons (Fsp3) is 0.222. The Kier molecular flexibility index (Phi) is 6.07. The van der Waals surface area contributed by atoms with Crippen molar-refractivity contribution in [3.05, 3.63) is 72.9 Å². The molecule has 0 bridgehead atoms. The second-order valence-corrected chi connectivity index (χ2v) is 8.96. The molecule has 1 aliphatic heterocycles. The predicted molar refractivity (Wildman–Crippen MR) is 139 cm³/mol. The van der Waals surface area contributed by atoms with Crippen LogP contribution in [0.4, 0.5) is 17.2 Å². The second kappa shape index (κ2) is 9.82. The highest BCUT2D eigenvalue weighted by Crippen LogP contribution is 2.31. The maximum atomic E-state index is 12.7. The number of fused-ring (bicyclic) bond motifs is 2. The average Bonchev–Trinajstić information content (AvgIpc) is 3.39. The van der Waals surface area contributed by atoms with Crippen LogP contribution in [0.25, 0.3) is 16.6 Å². The van der Waals surface area contributed by atoms with Crippen LogP contribution in [0.2, 0.25) is 0 Å². The third-order valence-electron chi connectivity index (χ3n) is 6.41. The van der Waals surface area contributed by atoms with Crippen LogP contribution in [-0.4, -0.2) is 43.7 Å². The highest BCUT2D eigenvalue weighted by Gasteiger charge is 2.21. The number of benzene rings is 2. The maximum Gasteiger partial charge on any atom is 0.227 e. The molecule has 186 valence electrons. The van der Waals surface area contributed by atoms with Crippen LogP contribution >= 0.6 is 0 Å². The Morgan fingerprint density at radius 1 is 1.00 bits per heavy atom. The summed E-state index contributed by atoms with van der Waals surface area (Å²) < 4.78 is 13.1. The molecule has 10 nitrogen and oxygen atoms in total. The van der Waals surface area contributed by atoms with Gasteiger partial charge in [-0.15, -0.1) is 0 Å². The summed E-state index contributed by atoms with van der Waals surface area (Å²) in [5.41, 5.74) is 4.02. The molecule has 0 aliphatic carbocycles. The molecule has 1 fully saturated rings. The number of aryl methyl sites for hydroxylation is 1. The number of aromatic nitrogens is 5. The topological polar surface area (TPSA) is 116 Å². The van der Waals surface area contributed by atoms with E-state index in [-0.39, 0.29) is 11.8 Å². The van der Waals surface area contributed by atoms with Crippen LogP contribution in [0.3, 0.4) is 0 Å². The number of pyridine rings is 1. The van der Waals surface area contributed by atoms with E-state index in [1.807, 2.05) is 61.7 Å². The SMILES string of the molecule is Cc1cc(Nc2ncnc3ccc(NC(=O)C4CCOCC4)cc23)ccc1Oc1ccn2ncnc2c1. The minimum atomic E-state index is -0.0314. The average molecular weight is 496 g/mol. The zero-order valence-electron chi connectivity index (χ0n) is 20.2. The van der Waals surface area contributed by atoms with Crippen molar-refractivity contribution in [1.29, 1.82) is 0 Å². The number of hydrogen-bond donors (Lipinski definition) is 2. The summed E-state index contributed by atoms with van der Waals surface area (Å²) >= 11 is 0. The first kappa shape index (κ1) is 22.9. The number of nitrogens with one attached hydrogen (secondary N) is 2. The van der Waals surface area contributed by atoms with E-state index in [0.717, 1.165) is 40.7 Å². The first-order valence-electron chi connectivity index (χ1n) is 12.1. The first-order valence-corrected chi connectivity index (χ1v) is 12.1. The minimum Gasteiger partial charge on any atom is -0.457 e. The lowest BCUT2D eigenvalue weighted by atomic mass is 9.99. The third-order valence-corrected chi connectivity index (χ3v) is 6.41. The van der Waals surface area contributed by atoms with Gasteiger partial charge in [0, 0.05) is 48.2 Å². The summed E-state index contributed by atoms with van der Waals surface area (Å²) in [5.74, 6) is 2.05. The van der Waals surface area contributed by atoms with Crippen molar-refractivity contribution in [2.75, 3.05) is 23.8 Å². The van der Waals surface area contributed by atoms with Gasteiger partial charge < -0.3 is 20.1 Å². The Morgan fingerprint density at radius 2 is 1.86 bits per heavy atom. The first-order chi connectivity index (χ1) is 18.1. The molecule has 0 unspecified atom stereocenters. The number of rotatable bonds is 6. The van der Waals surface area contributed by atoms with Gasteiger partial charge in [0.1, 0.15) is 30.0 Å². The number of ether oxygens (including phenoxy) is 2. The molecule has 0 radical (unpaired) electrons. The molecule has 5 aromatic rings. The van der Waals surface area contributed by atoms with Crippen LogP contribution in [0, 0.1) is 12.8 Å². The molecule has 0 saturated carbocycles. The van der Waals surface area contributed by atoms with Crippen LogP contribution < -0.4 is 15.4 Å². The van der Waals surface area contributed by atoms with Gasteiger partial charge in [0.25, 0.3) is 0 Å². The van der Waals surface area contributed by atoms with E-state index in [1.165, 1.54) is 12.7 Å². The van der Waals surface area contributed by atoms with Crippen LogP contribution in [0.15, 0.2) is 67.4 Å². The van der Waals surface area contributed by atoms with Crippen molar-refractivity contribution >= 4 is 39.6 Å². The largest absolute Gasteiger partial charge is 0.457 e. The fourth-order valence-electron chi connectivity index (χ4n) is 4.40. The normalized spacial score (nSPS) is 14.1. The Balaban J connectivity index is 1.21. The lowest BCUT2D eigenvalue weighted by Crippen LogP contribution is -2.28. The van der Waals surface area contributed by atoms with Crippen molar-refractivity contribution in [2.24, 2.45) is 5.92 Å². The molecule has 1 saturated heterocycles. The molecule has 1 aliphatic rings. The second-order valence-electron chi connectivity index (χ2n) is 8.96. The summed E-state index contributed by atoms with van der Waals surface area (Å²) in [6.07, 6.45) is 6.32. The number of carbonyl (C=O) groups excluding carboxylic acids is 1. The van der Waals surface area contributed by atoms with E-state index in [1.54, 1.807) is 4.52 Å². The fourth-order valence-corrected chi connectivity index (χ4v) is 4.40. The molecule has 10 heteroatoms. The molecular formula is C27H25N7O3. The molecule has 2 aromatic carbocycles. The van der Waals surface area contributed by atoms with Gasteiger partial charge in [0.2, 0.25) is 5.91 Å². The van der Waals surface area contributed by atoms with E-state index < -0.39 is 0 Å². The van der Waals surface area contributed by atoms with Crippen LogP contribution in [0.1, 0.15) is 18.4 Å². The number of anilines is 3. The van der Waals surface area contributed by atoms with Gasteiger partial charge in [-0.3, -0.25) is 4.79 Å². The summed E-state index contributed by atoms with van der Waals surface area (Å²) in [7, 11) is 0. The molecule has 0 spiro atoms. The van der Waals surface area contributed by atoms with E-state index in [4.69, 9.17) is 9.47 Å². The maximum absolute atomic E-state index is 12.7. The van der Waals surface area contributed by atoms with E-state index in [2.05, 4.69) is 30.7 Å². The quantitative estimate of drug-likeness (QED) is 0.342. The molecular weight excluding hydrogens is 470 g/mol. The molecule has 2 N–H and O–H groups in total. The van der Waals surface area contributed by atoms with Gasteiger partial charge in [-0.2, -0.15) is 5.10 Å². The predicted octanol–water partition coefficient (Wildman–Crippen LogP) is 4.88. The lowest BCUT2D eigenvalue weighted by Gasteiger charge is -2.21. The third kappa shape index (κ3) is 4.91. The zero-order valence-corrected chi connectivity index (χ0v) is 20.2.